The molecule has 30 heavy (non-hydrogen) atoms. The first-order valence-corrected chi connectivity index (χ1v) is 10.2. The molecule has 0 N–H and O–H groups in total. The first-order chi connectivity index (χ1) is 14.4. The molecule has 0 radical (unpaired) electrons. The average Bonchev–Trinajstić information content (AvgIpc) is 3.21. The molecule has 1 saturated heterocycles. The number of carbonyl (C=O) groups is 3. The highest BCUT2D eigenvalue weighted by Gasteiger charge is 2.27. The van der Waals surface area contributed by atoms with Crippen molar-refractivity contribution in [1.29, 1.82) is 0 Å². The number of Topliss-reactive ketones (excluding diaryl/α,β-unsaturated/α-hetero) is 1. The summed E-state index contributed by atoms with van der Waals surface area (Å²) in [4.78, 5) is 35.7. The Morgan fingerprint density at radius 1 is 1.20 bits per heavy atom. The zero-order chi connectivity index (χ0) is 23.4. The Balaban J connectivity index is 0. The van der Waals surface area contributed by atoms with Crippen molar-refractivity contribution >= 4 is 17.8 Å². The minimum absolute atomic E-state index is 0.113. The van der Waals surface area contributed by atoms with Gasteiger partial charge in [0.1, 0.15) is 12.4 Å². The first kappa shape index (κ1) is 29.3. The molecule has 1 aliphatic heterocycles. The van der Waals surface area contributed by atoms with Crippen LogP contribution in [0.3, 0.4) is 0 Å². The van der Waals surface area contributed by atoms with Crippen LogP contribution < -0.4 is 0 Å². The van der Waals surface area contributed by atoms with E-state index in [0.717, 1.165) is 4.90 Å². The summed E-state index contributed by atoms with van der Waals surface area (Å²) < 4.78 is 17.4. The van der Waals surface area contributed by atoms with Crippen molar-refractivity contribution in [3.05, 3.63) is 48.3 Å². The van der Waals surface area contributed by atoms with E-state index in [1.807, 2.05) is 13.8 Å². The maximum atomic E-state index is 12.7. The van der Waals surface area contributed by atoms with Crippen molar-refractivity contribution in [3.8, 4) is 12.3 Å². The molecule has 1 aromatic rings. The van der Waals surface area contributed by atoms with Gasteiger partial charge in [-0.1, -0.05) is 53.0 Å². The Bertz CT molecular complexity index is 675. The van der Waals surface area contributed by atoms with Crippen LogP contribution in [0.5, 0.6) is 0 Å². The van der Waals surface area contributed by atoms with Crippen LogP contribution in [-0.4, -0.2) is 35.8 Å². The molecular formula is C24H34FNO4. The summed E-state index contributed by atoms with van der Waals surface area (Å²) in [6, 6.07) is 5.27. The van der Waals surface area contributed by atoms with Crippen molar-refractivity contribution < 1.29 is 23.5 Å². The standard InChI is InChI=1S/C14H14FNO4.C4H10.C4H4.C2H6/c15-11-6-4-10(5-7-11)12(17)2-1-3-13(18)16-8-9-20-14(16)19;2*1-3-4-2;1-2/h4-7H,1-3,8-9H2;3-4H2,1-2H3;1,4H,2H2;1-2H3. The number of nitrogens with zero attached hydrogens (tertiary/aromatic N) is 1. The lowest BCUT2D eigenvalue weighted by Crippen LogP contribution is -2.31. The molecule has 5 nitrogen and oxygen atoms in total. The molecule has 166 valence electrons. The predicted molar refractivity (Wildman–Crippen MR) is 119 cm³/mol. The fraction of sp³-hybridized carbons (Fsp3) is 0.458. The van der Waals surface area contributed by atoms with Crippen molar-refractivity contribution in [2.24, 2.45) is 0 Å². The summed E-state index contributed by atoms with van der Waals surface area (Å²) in [7, 11) is 0. The maximum absolute atomic E-state index is 12.7. The van der Waals surface area contributed by atoms with Crippen LogP contribution in [0.2, 0.25) is 0 Å². The summed E-state index contributed by atoms with van der Waals surface area (Å²) >= 11 is 0. The summed E-state index contributed by atoms with van der Waals surface area (Å²) in [5.74, 6) is 1.31. The van der Waals surface area contributed by atoms with Gasteiger partial charge in [-0.3, -0.25) is 9.59 Å². The fourth-order valence-electron chi connectivity index (χ4n) is 1.94. The predicted octanol–water partition coefficient (Wildman–Crippen LogP) is 5.80. The topological polar surface area (TPSA) is 63.7 Å². The largest absolute Gasteiger partial charge is 0.447 e. The molecule has 2 amide bonds. The molecule has 0 saturated carbocycles. The number of terminal acetylenes is 1. The highest BCUT2D eigenvalue weighted by atomic mass is 19.1. The minimum atomic E-state index is -0.625. The van der Waals surface area contributed by atoms with Crippen LogP contribution in [0.4, 0.5) is 9.18 Å². The number of imide groups is 1. The molecule has 0 unspecified atom stereocenters. The number of allylic oxidation sites excluding steroid dienone is 1. The fourth-order valence-corrected chi connectivity index (χ4v) is 1.94. The molecule has 0 bridgehead atoms. The smallest absolute Gasteiger partial charge is 0.416 e. The summed E-state index contributed by atoms with van der Waals surface area (Å²) in [6.07, 6.45) is 8.72. The lowest BCUT2D eigenvalue weighted by Gasteiger charge is -2.09. The highest BCUT2D eigenvalue weighted by Crippen LogP contribution is 2.11. The second-order valence-corrected chi connectivity index (χ2v) is 5.81. The van der Waals surface area contributed by atoms with E-state index in [2.05, 4.69) is 37.5 Å². The molecule has 0 atom stereocenters. The third kappa shape index (κ3) is 13.3. The molecular weight excluding hydrogens is 385 g/mol. The Hall–Kier alpha value is -2.94. The molecule has 6 heteroatoms. The van der Waals surface area contributed by atoms with E-state index < -0.39 is 11.9 Å². The Labute approximate surface area is 180 Å². The lowest BCUT2D eigenvalue weighted by molar-refractivity contribution is -0.127. The van der Waals surface area contributed by atoms with E-state index in [4.69, 9.17) is 0 Å². The Morgan fingerprint density at radius 2 is 1.73 bits per heavy atom. The van der Waals surface area contributed by atoms with Crippen LogP contribution in [0.1, 0.15) is 70.2 Å². The second-order valence-electron chi connectivity index (χ2n) is 5.81. The Kier molecular flexibility index (Phi) is 18.9. The molecule has 0 spiro atoms. The third-order valence-electron chi connectivity index (χ3n) is 3.64. The minimum Gasteiger partial charge on any atom is -0.447 e. The number of ketones is 1. The van der Waals surface area contributed by atoms with Crippen molar-refractivity contribution in [3.63, 3.8) is 0 Å². The van der Waals surface area contributed by atoms with Gasteiger partial charge in [-0.2, -0.15) is 0 Å². The number of amides is 2. The molecule has 0 aliphatic carbocycles. The highest BCUT2D eigenvalue weighted by molar-refractivity contribution is 5.96. The van der Waals surface area contributed by atoms with E-state index >= 15 is 0 Å². The monoisotopic (exact) mass is 419 g/mol. The summed E-state index contributed by atoms with van der Waals surface area (Å²) in [5.41, 5.74) is 0.416. The zero-order valence-electron chi connectivity index (χ0n) is 18.6. The van der Waals surface area contributed by atoms with E-state index in [1.54, 1.807) is 0 Å². The van der Waals surface area contributed by atoms with Crippen LogP contribution in [0, 0.1) is 18.2 Å². The van der Waals surface area contributed by atoms with Crippen LogP contribution in [0.25, 0.3) is 0 Å². The van der Waals surface area contributed by atoms with Crippen molar-refractivity contribution in [2.45, 2.75) is 59.8 Å². The first-order valence-electron chi connectivity index (χ1n) is 10.2. The number of hydrogen-bond donors (Lipinski definition) is 0. The second kappa shape index (κ2) is 19.4. The van der Waals surface area contributed by atoms with E-state index in [-0.39, 0.29) is 37.7 Å². The Morgan fingerprint density at radius 3 is 2.13 bits per heavy atom. The molecule has 2 rings (SSSR count). The van der Waals surface area contributed by atoms with Gasteiger partial charge in [-0.05, 0) is 36.8 Å². The van der Waals surface area contributed by atoms with E-state index in [0.29, 0.717) is 12.0 Å². The van der Waals surface area contributed by atoms with E-state index in [9.17, 15) is 18.8 Å². The van der Waals surface area contributed by atoms with Gasteiger partial charge < -0.3 is 4.74 Å². The number of hydrogen-bond acceptors (Lipinski definition) is 4. The number of rotatable bonds is 6. The number of cyclic esters (lactones) is 1. The van der Waals surface area contributed by atoms with Gasteiger partial charge in [-0.15, -0.1) is 6.42 Å². The molecule has 1 aromatic carbocycles. The zero-order valence-corrected chi connectivity index (χ0v) is 18.6. The maximum Gasteiger partial charge on any atom is 0.416 e. The summed E-state index contributed by atoms with van der Waals surface area (Å²) in [6.45, 7) is 12.1. The normalized spacial score (nSPS) is 11.2. The quantitative estimate of drug-likeness (QED) is 0.432. The van der Waals surface area contributed by atoms with Gasteiger partial charge in [0.05, 0.1) is 6.54 Å². The third-order valence-corrected chi connectivity index (χ3v) is 3.64. The molecule has 1 aliphatic rings. The van der Waals surface area contributed by atoms with Crippen molar-refractivity contribution in [2.75, 3.05) is 13.2 Å². The van der Waals surface area contributed by atoms with Crippen LogP contribution >= 0.6 is 0 Å². The van der Waals surface area contributed by atoms with Gasteiger partial charge in [0.15, 0.2) is 5.78 Å². The van der Waals surface area contributed by atoms with Crippen LogP contribution in [0.15, 0.2) is 36.9 Å². The number of halogens is 1. The van der Waals surface area contributed by atoms with Gasteiger partial charge in [0, 0.05) is 18.4 Å². The average molecular weight is 420 g/mol. The molecule has 0 aromatic heterocycles. The molecule has 1 heterocycles. The van der Waals surface area contributed by atoms with E-state index in [1.165, 1.54) is 43.2 Å². The molecule has 1 fully saturated rings. The van der Waals surface area contributed by atoms with Gasteiger partial charge in [0.25, 0.3) is 0 Å². The number of benzene rings is 1. The van der Waals surface area contributed by atoms with Crippen LogP contribution in [-0.2, 0) is 9.53 Å². The summed E-state index contributed by atoms with van der Waals surface area (Å²) in [5, 5.41) is 0. The number of ether oxygens (including phenoxy) is 1. The van der Waals surface area contributed by atoms with Gasteiger partial charge >= 0.3 is 6.09 Å². The number of carbonyl (C=O) groups excluding carboxylic acids is 3. The lowest BCUT2D eigenvalue weighted by atomic mass is 10.1. The van der Waals surface area contributed by atoms with Crippen molar-refractivity contribution in [1.82, 2.24) is 4.90 Å². The SMILES string of the molecule is C#CC=C.CC.CCCC.O=C(CCCC(=O)N1CCOC1=O)c1ccc(F)cc1. The van der Waals surface area contributed by atoms with Gasteiger partial charge in [-0.25, -0.2) is 14.1 Å². The number of unbranched alkanes of at least 4 members (excludes halogenated alkanes) is 1. The van der Waals surface area contributed by atoms with Gasteiger partial charge in [0.2, 0.25) is 5.91 Å².